The average Bonchev–Trinajstić information content (AvgIpc) is 3.31. The van der Waals surface area contributed by atoms with Crippen LogP contribution in [0.2, 0.25) is 0 Å². The van der Waals surface area contributed by atoms with Gasteiger partial charge in [0.05, 0.1) is 33.6 Å². The minimum Gasteiger partial charge on any atom is -0.376 e. The van der Waals surface area contributed by atoms with Gasteiger partial charge in [-0.25, -0.2) is 9.97 Å². The molecule has 1 atom stereocenters. The Kier molecular flexibility index (Phi) is 4.54. The Bertz CT molecular complexity index is 879. The Morgan fingerprint density at radius 2 is 2.12 bits per heavy atom. The van der Waals surface area contributed by atoms with E-state index in [1.54, 1.807) is 16.2 Å². The number of thiazole rings is 2. The molecular formula is C18H19N3O2S2. The van der Waals surface area contributed by atoms with Crippen molar-refractivity contribution >= 4 is 43.9 Å². The van der Waals surface area contributed by atoms with E-state index in [4.69, 9.17) is 9.72 Å². The van der Waals surface area contributed by atoms with Gasteiger partial charge in [-0.2, -0.15) is 0 Å². The molecule has 1 aromatic carbocycles. The monoisotopic (exact) mass is 373 g/mol. The quantitative estimate of drug-likeness (QED) is 0.688. The van der Waals surface area contributed by atoms with E-state index < -0.39 is 0 Å². The van der Waals surface area contributed by atoms with Crippen molar-refractivity contribution < 1.29 is 9.53 Å². The van der Waals surface area contributed by atoms with Crippen LogP contribution in [-0.4, -0.2) is 35.1 Å². The van der Waals surface area contributed by atoms with E-state index in [-0.39, 0.29) is 12.0 Å². The lowest BCUT2D eigenvalue weighted by Crippen LogP contribution is -2.37. The maximum atomic E-state index is 13.3. The number of amides is 1. The summed E-state index contributed by atoms with van der Waals surface area (Å²) in [6, 6.07) is 7.97. The van der Waals surface area contributed by atoms with E-state index in [9.17, 15) is 4.79 Å². The summed E-state index contributed by atoms with van der Waals surface area (Å²) in [5, 5.41) is 1.63. The molecule has 1 unspecified atom stereocenters. The molecular weight excluding hydrogens is 354 g/mol. The highest BCUT2D eigenvalue weighted by atomic mass is 32.1. The molecule has 1 saturated heterocycles. The first-order valence-electron chi connectivity index (χ1n) is 8.35. The summed E-state index contributed by atoms with van der Waals surface area (Å²) in [5.41, 5.74) is 1.70. The lowest BCUT2D eigenvalue weighted by molar-refractivity contribution is 0.0920. The van der Waals surface area contributed by atoms with Crippen LogP contribution in [0.25, 0.3) is 10.2 Å². The minimum atomic E-state index is -0.0299. The number of carbonyl (C=O) groups is 1. The SMILES string of the molecule is Cc1nc(C)c(C(=O)N(CC2CCCO2)c2nc3ccccc3s2)s1. The molecule has 1 amide bonds. The van der Waals surface area contributed by atoms with Crippen LogP contribution in [0.15, 0.2) is 24.3 Å². The van der Waals surface area contributed by atoms with E-state index in [1.807, 2.05) is 38.1 Å². The van der Waals surface area contributed by atoms with Crippen molar-refractivity contribution in [3.8, 4) is 0 Å². The second-order valence-electron chi connectivity index (χ2n) is 6.16. The van der Waals surface area contributed by atoms with Crippen molar-refractivity contribution in [2.24, 2.45) is 0 Å². The topological polar surface area (TPSA) is 55.3 Å². The molecule has 0 bridgehead atoms. The summed E-state index contributed by atoms with van der Waals surface area (Å²) in [6.07, 6.45) is 2.10. The van der Waals surface area contributed by atoms with E-state index >= 15 is 0 Å². The van der Waals surface area contributed by atoms with Gasteiger partial charge in [0.1, 0.15) is 4.88 Å². The third kappa shape index (κ3) is 3.31. The minimum absolute atomic E-state index is 0.0299. The molecule has 1 aliphatic rings. The number of aryl methyl sites for hydroxylation is 2. The van der Waals surface area contributed by atoms with Gasteiger partial charge in [-0.1, -0.05) is 23.5 Å². The maximum absolute atomic E-state index is 13.3. The normalized spacial score (nSPS) is 17.3. The summed E-state index contributed by atoms with van der Waals surface area (Å²) < 4.78 is 6.85. The molecule has 130 valence electrons. The lowest BCUT2D eigenvalue weighted by Gasteiger charge is -2.22. The van der Waals surface area contributed by atoms with Crippen LogP contribution in [0.3, 0.4) is 0 Å². The zero-order valence-corrected chi connectivity index (χ0v) is 15.8. The summed E-state index contributed by atoms with van der Waals surface area (Å²) in [5.74, 6) is -0.0299. The molecule has 0 aliphatic carbocycles. The molecule has 1 fully saturated rings. The molecule has 5 nitrogen and oxygen atoms in total. The number of carbonyl (C=O) groups excluding carboxylic acids is 1. The second kappa shape index (κ2) is 6.82. The molecule has 7 heteroatoms. The number of para-hydroxylation sites is 1. The van der Waals surface area contributed by atoms with Crippen LogP contribution in [-0.2, 0) is 4.74 Å². The Balaban J connectivity index is 1.72. The van der Waals surface area contributed by atoms with Crippen molar-refractivity contribution in [3.05, 3.63) is 39.8 Å². The Hall–Kier alpha value is -1.83. The van der Waals surface area contributed by atoms with E-state index in [0.29, 0.717) is 11.4 Å². The fourth-order valence-electron chi connectivity index (χ4n) is 3.07. The summed E-state index contributed by atoms with van der Waals surface area (Å²) in [7, 11) is 0. The van der Waals surface area contributed by atoms with Gasteiger partial charge in [-0.15, -0.1) is 11.3 Å². The maximum Gasteiger partial charge on any atom is 0.272 e. The van der Waals surface area contributed by atoms with Crippen LogP contribution in [0.5, 0.6) is 0 Å². The zero-order valence-electron chi connectivity index (χ0n) is 14.2. The Labute approximate surface area is 154 Å². The van der Waals surface area contributed by atoms with Crippen LogP contribution < -0.4 is 4.90 Å². The highest BCUT2D eigenvalue weighted by Gasteiger charge is 2.29. The molecule has 3 heterocycles. The van der Waals surface area contributed by atoms with Crippen molar-refractivity contribution in [2.75, 3.05) is 18.1 Å². The number of benzene rings is 1. The Morgan fingerprint density at radius 3 is 2.80 bits per heavy atom. The summed E-state index contributed by atoms with van der Waals surface area (Å²) in [4.78, 5) is 24.8. The molecule has 4 rings (SSSR count). The molecule has 2 aromatic heterocycles. The molecule has 0 spiro atoms. The van der Waals surface area contributed by atoms with Gasteiger partial charge in [0.2, 0.25) is 0 Å². The summed E-state index contributed by atoms with van der Waals surface area (Å²) in [6.45, 7) is 5.12. The number of rotatable bonds is 4. The van der Waals surface area contributed by atoms with Gasteiger partial charge in [0, 0.05) is 6.61 Å². The standard InChI is InChI=1S/C18H19N3O2S2/c1-11-16(24-12(2)19-11)17(22)21(10-13-6-5-9-23-13)18-20-14-7-3-4-8-15(14)25-18/h3-4,7-8,13H,5-6,9-10H2,1-2H3. The molecule has 25 heavy (non-hydrogen) atoms. The molecule has 0 radical (unpaired) electrons. The van der Waals surface area contributed by atoms with Crippen LogP contribution in [0.4, 0.5) is 5.13 Å². The van der Waals surface area contributed by atoms with E-state index in [1.165, 1.54) is 11.3 Å². The number of aromatic nitrogens is 2. The number of ether oxygens (including phenoxy) is 1. The zero-order chi connectivity index (χ0) is 17.4. The van der Waals surface area contributed by atoms with Gasteiger partial charge >= 0.3 is 0 Å². The van der Waals surface area contributed by atoms with Crippen LogP contribution >= 0.6 is 22.7 Å². The third-order valence-corrected chi connectivity index (χ3v) is 6.39. The predicted octanol–water partition coefficient (Wildman–Crippen LogP) is 4.20. The van der Waals surface area contributed by atoms with Gasteiger partial charge in [-0.05, 0) is 38.8 Å². The molecule has 1 aliphatic heterocycles. The fourth-order valence-corrected chi connectivity index (χ4v) is 4.91. The van der Waals surface area contributed by atoms with Gasteiger partial charge in [0.15, 0.2) is 5.13 Å². The smallest absolute Gasteiger partial charge is 0.272 e. The lowest BCUT2D eigenvalue weighted by atomic mass is 10.2. The van der Waals surface area contributed by atoms with Crippen molar-refractivity contribution in [1.82, 2.24) is 9.97 Å². The van der Waals surface area contributed by atoms with E-state index in [2.05, 4.69) is 4.98 Å². The first-order chi connectivity index (χ1) is 12.1. The van der Waals surface area contributed by atoms with Crippen molar-refractivity contribution in [3.63, 3.8) is 0 Å². The van der Waals surface area contributed by atoms with E-state index in [0.717, 1.165) is 45.5 Å². The largest absolute Gasteiger partial charge is 0.376 e. The third-order valence-electron chi connectivity index (χ3n) is 4.27. The first kappa shape index (κ1) is 16.6. The number of nitrogens with zero attached hydrogens (tertiary/aromatic N) is 3. The molecule has 0 N–H and O–H groups in total. The van der Waals surface area contributed by atoms with Crippen molar-refractivity contribution in [1.29, 1.82) is 0 Å². The van der Waals surface area contributed by atoms with Gasteiger partial charge in [-0.3, -0.25) is 9.69 Å². The van der Waals surface area contributed by atoms with Gasteiger partial charge in [0.25, 0.3) is 5.91 Å². The number of fused-ring (bicyclic) bond motifs is 1. The van der Waals surface area contributed by atoms with Crippen molar-refractivity contribution in [2.45, 2.75) is 32.8 Å². The summed E-state index contributed by atoms with van der Waals surface area (Å²) >= 11 is 2.99. The highest BCUT2D eigenvalue weighted by molar-refractivity contribution is 7.22. The number of anilines is 1. The molecule has 0 saturated carbocycles. The predicted molar refractivity (Wildman–Crippen MR) is 102 cm³/mol. The highest BCUT2D eigenvalue weighted by Crippen LogP contribution is 2.32. The fraction of sp³-hybridized carbons (Fsp3) is 0.389. The van der Waals surface area contributed by atoms with Crippen LogP contribution in [0, 0.1) is 13.8 Å². The second-order valence-corrected chi connectivity index (χ2v) is 8.37. The number of hydrogen-bond acceptors (Lipinski definition) is 6. The Morgan fingerprint density at radius 1 is 1.28 bits per heavy atom. The average molecular weight is 374 g/mol. The van der Waals surface area contributed by atoms with Gasteiger partial charge < -0.3 is 4.74 Å². The first-order valence-corrected chi connectivity index (χ1v) is 9.98. The molecule has 3 aromatic rings. The van der Waals surface area contributed by atoms with Crippen LogP contribution in [0.1, 0.15) is 33.2 Å². The number of hydrogen-bond donors (Lipinski definition) is 0.